The standard InChI is InChI=1S/C20H35F2NO7/c1-3-4-5-6-7-8-9-29-19(28)20(22)18(21)15(23)13(10-12(2)25)17(30-20)16(27)14(26)11-24/h13-18,24,26-27H,3-11,23H2,1-2H3/t13-,14-,15+,16-,17?,18?,20-/m1/s1. The number of hydrogen-bond acceptors (Lipinski definition) is 8. The van der Waals surface area contributed by atoms with Gasteiger partial charge in [0.2, 0.25) is 0 Å². The van der Waals surface area contributed by atoms with E-state index in [1.807, 2.05) is 0 Å². The number of aliphatic hydroxyl groups excluding tert-OH is 3. The van der Waals surface area contributed by atoms with Crippen molar-refractivity contribution in [1.82, 2.24) is 0 Å². The molecule has 8 nitrogen and oxygen atoms in total. The van der Waals surface area contributed by atoms with E-state index in [2.05, 4.69) is 6.92 Å². The first kappa shape index (κ1) is 26.8. The van der Waals surface area contributed by atoms with Crippen LogP contribution < -0.4 is 5.73 Å². The predicted molar refractivity (Wildman–Crippen MR) is 104 cm³/mol. The quantitative estimate of drug-likeness (QED) is 0.245. The van der Waals surface area contributed by atoms with E-state index < -0.39 is 60.7 Å². The lowest BCUT2D eigenvalue weighted by Crippen LogP contribution is -2.68. The number of rotatable bonds is 13. The molecule has 5 N–H and O–H groups in total. The smallest absolute Gasteiger partial charge is 0.375 e. The van der Waals surface area contributed by atoms with Gasteiger partial charge in [-0.1, -0.05) is 39.0 Å². The summed E-state index contributed by atoms with van der Waals surface area (Å²) in [4.78, 5) is 23.8. The third kappa shape index (κ3) is 6.91. The molecule has 1 saturated heterocycles. The number of esters is 1. The highest BCUT2D eigenvalue weighted by molar-refractivity contribution is 5.79. The summed E-state index contributed by atoms with van der Waals surface area (Å²) in [6, 6.07) is -1.68. The molecular weight excluding hydrogens is 404 g/mol. The minimum atomic E-state index is -3.60. The second-order valence-electron chi connectivity index (χ2n) is 7.92. The molecule has 0 aliphatic carbocycles. The van der Waals surface area contributed by atoms with E-state index in [9.17, 15) is 24.2 Å². The van der Waals surface area contributed by atoms with Crippen LogP contribution in [-0.2, 0) is 19.1 Å². The van der Waals surface area contributed by atoms with Gasteiger partial charge in [-0.05, 0) is 13.3 Å². The maximum Gasteiger partial charge on any atom is 0.375 e. The SMILES string of the molecule is CCCCCCCCOC(=O)[C@]1(F)OC([C@H](O)[C@H](O)CO)[C@H](CC(C)=O)[C@H](N)C1F. The summed E-state index contributed by atoms with van der Waals surface area (Å²) in [7, 11) is 0. The number of Topliss-reactive ketones (excluding diaryl/α,β-unsaturated/α-hetero) is 1. The molecule has 7 atom stereocenters. The van der Waals surface area contributed by atoms with E-state index in [1.165, 1.54) is 6.92 Å². The molecule has 0 aromatic rings. The lowest BCUT2D eigenvalue weighted by atomic mass is 9.79. The zero-order chi connectivity index (χ0) is 22.9. The molecule has 1 aliphatic rings. The molecule has 0 spiro atoms. The Morgan fingerprint density at radius 2 is 1.80 bits per heavy atom. The Bertz CT molecular complexity index is 553. The normalized spacial score (nSPS) is 31.2. The van der Waals surface area contributed by atoms with Gasteiger partial charge in [0.1, 0.15) is 18.0 Å². The van der Waals surface area contributed by atoms with Gasteiger partial charge in [-0.3, -0.25) is 0 Å². The maximum absolute atomic E-state index is 15.3. The Kier molecular flexibility index (Phi) is 11.3. The van der Waals surface area contributed by atoms with Gasteiger partial charge in [0.15, 0.2) is 6.17 Å². The van der Waals surface area contributed by atoms with Crippen molar-refractivity contribution in [2.75, 3.05) is 13.2 Å². The number of nitrogens with two attached hydrogens (primary N) is 1. The Hall–Kier alpha value is -1.20. The molecule has 0 saturated carbocycles. The molecule has 1 aliphatic heterocycles. The fraction of sp³-hybridized carbons (Fsp3) is 0.900. The summed E-state index contributed by atoms with van der Waals surface area (Å²) < 4.78 is 39.9. The fourth-order valence-electron chi connectivity index (χ4n) is 3.57. The second kappa shape index (κ2) is 12.6. The molecule has 0 radical (unpaired) electrons. The molecule has 0 amide bonds. The molecular formula is C20H35F2NO7. The number of ketones is 1. The number of hydrogen-bond donors (Lipinski definition) is 4. The van der Waals surface area contributed by atoms with Gasteiger partial charge < -0.3 is 35.3 Å². The lowest BCUT2D eigenvalue weighted by molar-refractivity contribution is -0.286. The molecule has 0 bridgehead atoms. The van der Waals surface area contributed by atoms with Crippen LogP contribution in [-0.4, -0.2) is 76.7 Å². The number of alkyl halides is 2. The molecule has 30 heavy (non-hydrogen) atoms. The molecule has 176 valence electrons. The Morgan fingerprint density at radius 3 is 2.37 bits per heavy atom. The van der Waals surface area contributed by atoms with Crippen LogP contribution >= 0.6 is 0 Å². The van der Waals surface area contributed by atoms with Crippen molar-refractivity contribution < 1.29 is 43.2 Å². The average Bonchev–Trinajstić information content (AvgIpc) is 2.71. The van der Waals surface area contributed by atoms with Crippen molar-refractivity contribution in [1.29, 1.82) is 0 Å². The lowest BCUT2D eigenvalue weighted by Gasteiger charge is -2.46. The van der Waals surface area contributed by atoms with Crippen molar-refractivity contribution >= 4 is 11.8 Å². The van der Waals surface area contributed by atoms with Crippen LogP contribution in [0.2, 0.25) is 0 Å². The van der Waals surface area contributed by atoms with E-state index in [0.717, 1.165) is 32.1 Å². The number of aliphatic hydroxyl groups is 3. The van der Waals surface area contributed by atoms with Crippen LogP contribution in [0.5, 0.6) is 0 Å². The molecule has 1 fully saturated rings. The zero-order valence-electron chi connectivity index (χ0n) is 17.6. The largest absolute Gasteiger partial charge is 0.461 e. The van der Waals surface area contributed by atoms with Crippen LogP contribution in [0, 0.1) is 5.92 Å². The summed E-state index contributed by atoms with van der Waals surface area (Å²) >= 11 is 0. The predicted octanol–water partition coefficient (Wildman–Crippen LogP) is 0.930. The van der Waals surface area contributed by atoms with Crippen molar-refractivity contribution in [3.8, 4) is 0 Å². The monoisotopic (exact) mass is 439 g/mol. The third-order valence-corrected chi connectivity index (χ3v) is 5.37. The summed E-state index contributed by atoms with van der Waals surface area (Å²) in [6.45, 7) is 2.24. The highest BCUT2D eigenvalue weighted by atomic mass is 19.2. The molecule has 10 heteroatoms. The van der Waals surface area contributed by atoms with Gasteiger partial charge in [0.25, 0.3) is 0 Å². The van der Waals surface area contributed by atoms with Gasteiger partial charge in [0, 0.05) is 18.4 Å². The van der Waals surface area contributed by atoms with Crippen molar-refractivity contribution in [3.05, 3.63) is 0 Å². The second-order valence-corrected chi connectivity index (χ2v) is 7.92. The van der Waals surface area contributed by atoms with E-state index in [4.69, 9.17) is 20.3 Å². The Labute approximate surface area is 175 Å². The highest BCUT2D eigenvalue weighted by Gasteiger charge is 2.62. The van der Waals surface area contributed by atoms with Crippen molar-refractivity contribution in [2.45, 2.75) is 95.2 Å². The number of carbonyl (C=O) groups is 2. The van der Waals surface area contributed by atoms with Gasteiger partial charge in [0.05, 0.1) is 19.3 Å². The topological polar surface area (TPSA) is 139 Å². The molecule has 0 aromatic heterocycles. The molecule has 0 aromatic carbocycles. The fourth-order valence-corrected chi connectivity index (χ4v) is 3.57. The van der Waals surface area contributed by atoms with Crippen LogP contribution in [0.4, 0.5) is 8.78 Å². The van der Waals surface area contributed by atoms with Crippen LogP contribution in [0.1, 0.15) is 58.8 Å². The van der Waals surface area contributed by atoms with E-state index in [-0.39, 0.29) is 13.0 Å². The van der Waals surface area contributed by atoms with Gasteiger partial charge >= 0.3 is 11.8 Å². The van der Waals surface area contributed by atoms with E-state index in [0.29, 0.717) is 6.42 Å². The molecule has 1 heterocycles. The summed E-state index contributed by atoms with van der Waals surface area (Å²) in [5.74, 6) is -6.87. The van der Waals surface area contributed by atoms with Gasteiger partial charge in [-0.2, -0.15) is 4.39 Å². The average molecular weight is 439 g/mol. The van der Waals surface area contributed by atoms with Crippen molar-refractivity contribution in [2.24, 2.45) is 11.7 Å². The Morgan fingerprint density at radius 1 is 1.20 bits per heavy atom. The first-order valence-corrected chi connectivity index (χ1v) is 10.5. The van der Waals surface area contributed by atoms with Gasteiger partial charge in [-0.15, -0.1) is 0 Å². The number of ether oxygens (including phenoxy) is 2. The van der Waals surface area contributed by atoms with Gasteiger partial charge in [-0.25, -0.2) is 9.18 Å². The number of carbonyl (C=O) groups excluding carboxylic acids is 2. The maximum atomic E-state index is 15.3. The van der Waals surface area contributed by atoms with Crippen molar-refractivity contribution in [3.63, 3.8) is 0 Å². The molecule has 2 unspecified atom stereocenters. The third-order valence-electron chi connectivity index (χ3n) is 5.37. The minimum absolute atomic E-state index is 0.134. The van der Waals surface area contributed by atoms with Crippen LogP contribution in [0.25, 0.3) is 0 Å². The zero-order valence-corrected chi connectivity index (χ0v) is 17.6. The van der Waals surface area contributed by atoms with Crippen LogP contribution in [0.3, 0.4) is 0 Å². The van der Waals surface area contributed by atoms with E-state index in [1.54, 1.807) is 0 Å². The number of halogens is 2. The molecule has 1 rings (SSSR count). The summed E-state index contributed by atoms with van der Waals surface area (Å²) in [5.41, 5.74) is 5.77. The minimum Gasteiger partial charge on any atom is -0.461 e. The summed E-state index contributed by atoms with van der Waals surface area (Å²) in [5, 5.41) is 29.0. The van der Waals surface area contributed by atoms with Crippen LogP contribution in [0.15, 0.2) is 0 Å². The first-order chi connectivity index (χ1) is 14.1. The summed E-state index contributed by atoms with van der Waals surface area (Å²) in [6.07, 6.45) is -3.03. The Balaban J connectivity index is 2.86. The number of unbranched alkanes of at least 4 members (excludes halogenated alkanes) is 5. The van der Waals surface area contributed by atoms with E-state index >= 15 is 4.39 Å². The highest BCUT2D eigenvalue weighted by Crippen LogP contribution is 2.40. The first-order valence-electron chi connectivity index (χ1n) is 10.5.